The Kier molecular flexibility index (Phi) is 3.70. The van der Waals surface area contributed by atoms with Crippen molar-refractivity contribution in [3.63, 3.8) is 0 Å². The molecule has 0 aliphatic carbocycles. The topological polar surface area (TPSA) is 104 Å². The van der Waals surface area contributed by atoms with Crippen molar-refractivity contribution < 1.29 is 23.4 Å². The Morgan fingerprint density at radius 3 is 2.48 bits per heavy atom. The van der Waals surface area contributed by atoms with Crippen LogP contribution in [0.1, 0.15) is 10.4 Å². The molecule has 0 saturated carbocycles. The van der Waals surface area contributed by atoms with E-state index in [2.05, 4.69) is 4.72 Å². The molecule has 6 nitrogen and oxygen atoms in total. The molecule has 0 saturated heterocycles. The minimum absolute atomic E-state index is 0.0879. The first-order chi connectivity index (χ1) is 10.9. The standard InChI is InChI=1S/C15H11NO5S2/c17-12-8-10(5-6-11(12)15(18)19)16-23(20,21)14-7-9-3-1-2-4-13(9)22-14/h1-8,16-17H,(H,18,19). The lowest BCUT2D eigenvalue weighted by molar-refractivity contribution is 0.0694. The van der Waals surface area contributed by atoms with Gasteiger partial charge in [0.05, 0.1) is 5.69 Å². The molecule has 8 heteroatoms. The third kappa shape index (κ3) is 2.99. The second-order valence-corrected chi connectivity index (χ2v) is 7.74. The fraction of sp³-hybridized carbons (Fsp3) is 0. The first-order valence-corrected chi connectivity index (χ1v) is 8.74. The normalized spacial score (nSPS) is 11.5. The Bertz CT molecular complexity index is 975. The molecule has 3 N–H and O–H groups in total. The van der Waals surface area contributed by atoms with E-state index in [1.807, 2.05) is 24.3 Å². The number of carboxylic acids is 1. The maximum absolute atomic E-state index is 12.4. The maximum Gasteiger partial charge on any atom is 0.339 e. The lowest BCUT2D eigenvalue weighted by Crippen LogP contribution is -2.11. The van der Waals surface area contributed by atoms with Crippen molar-refractivity contribution >= 4 is 43.1 Å². The van der Waals surface area contributed by atoms with Gasteiger partial charge in [0.2, 0.25) is 0 Å². The third-order valence-corrected chi connectivity index (χ3v) is 6.12. The van der Waals surface area contributed by atoms with Gasteiger partial charge in [0.1, 0.15) is 15.5 Å². The largest absolute Gasteiger partial charge is 0.507 e. The molecule has 0 aliphatic rings. The minimum atomic E-state index is -3.82. The van der Waals surface area contributed by atoms with E-state index in [0.29, 0.717) is 0 Å². The van der Waals surface area contributed by atoms with Gasteiger partial charge in [0, 0.05) is 10.8 Å². The average Bonchev–Trinajstić information content (AvgIpc) is 2.91. The first kappa shape index (κ1) is 15.3. The predicted octanol–water partition coefficient (Wildman–Crippen LogP) is 3.11. The summed E-state index contributed by atoms with van der Waals surface area (Å²) in [5.41, 5.74) is -0.209. The van der Waals surface area contributed by atoms with E-state index in [1.165, 1.54) is 6.07 Å². The fourth-order valence-corrected chi connectivity index (χ4v) is 4.52. The summed E-state index contributed by atoms with van der Waals surface area (Å²) in [7, 11) is -3.82. The molecule has 118 valence electrons. The number of hydrogen-bond donors (Lipinski definition) is 3. The number of rotatable bonds is 4. The summed E-state index contributed by atoms with van der Waals surface area (Å²) in [6.07, 6.45) is 0. The Morgan fingerprint density at radius 1 is 1.09 bits per heavy atom. The molecule has 0 aliphatic heterocycles. The summed E-state index contributed by atoms with van der Waals surface area (Å²) >= 11 is 1.13. The van der Waals surface area contributed by atoms with Gasteiger partial charge in [0.25, 0.3) is 10.0 Å². The number of anilines is 1. The van der Waals surface area contributed by atoms with Gasteiger partial charge in [0.15, 0.2) is 0 Å². The first-order valence-electron chi connectivity index (χ1n) is 6.44. The number of phenols is 1. The van der Waals surface area contributed by atoms with Crippen molar-refractivity contribution in [3.05, 3.63) is 54.1 Å². The van der Waals surface area contributed by atoms with Gasteiger partial charge in [-0.25, -0.2) is 13.2 Å². The number of aromatic hydroxyl groups is 1. The van der Waals surface area contributed by atoms with Crippen LogP contribution in [0.4, 0.5) is 5.69 Å². The Balaban J connectivity index is 1.94. The molecular weight excluding hydrogens is 338 g/mol. The van der Waals surface area contributed by atoms with Gasteiger partial charge < -0.3 is 10.2 Å². The molecule has 1 heterocycles. The molecule has 0 radical (unpaired) electrons. The van der Waals surface area contributed by atoms with Crippen molar-refractivity contribution in [2.75, 3.05) is 4.72 Å². The van der Waals surface area contributed by atoms with Crippen LogP contribution in [0.25, 0.3) is 10.1 Å². The zero-order valence-corrected chi connectivity index (χ0v) is 13.2. The summed E-state index contributed by atoms with van der Waals surface area (Å²) in [6.45, 7) is 0. The summed E-state index contributed by atoms with van der Waals surface area (Å²) in [5.74, 6) is -1.80. The molecule has 3 rings (SSSR count). The number of sulfonamides is 1. The van der Waals surface area contributed by atoms with Crippen LogP contribution in [0.15, 0.2) is 52.7 Å². The predicted molar refractivity (Wildman–Crippen MR) is 87.7 cm³/mol. The second-order valence-electron chi connectivity index (χ2n) is 4.75. The maximum atomic E-state index is 12.4. The molecule has 0 bridgehead atoms. The number of carbonyl (C=O) groups is 1. The van der Waals surface area contributed by atoms with Crippen molar-refractivity contribution in [2.45, 2.75) is 4.21 Å². The number of thiophene rings is 1. The van der Waals surface area contributed by atoms with E-state index < -0.39 is 21.7 Å². The van der Waals surface area contributed by atoms with Gasteiger partial charge >= 0.3 is 5.97 Å². The van der Waals surface area contributed by atoms with Crippen LogP contribution < -0.4 is 4.72 Å². The molecule has 0 fully saturated rings. The SMILES string of the molecule is O=C(O)c1ccc(NS(=O)(=O)c2cc3ccccc3s2)cc1O. The van der Waals surface area contributed by atoms with Crippen LogP contribution in [-0.4, -0.2) is 24.6 Å². The Morgan fingerprint density at radius 2 is 1.83 bits per heavy atom. The molecule has 0 spiro atoms. The number of fused-ring (bicyclic) bond motifs is 1. The van der Waals surface area contributed by atoms with Crippen molar-refractivity contribution in [1.29, 1.82) is 0 Å². The lowest BCUT2D eigenvalue weighted by Gasteiger charge is -2.07. The molecule has 2 aromatic carbocycles. The molecule has 1 aromatic heterocycles. The Labute approximate surface area is 135 Å². The molecule has 23 heavy (non-hydrogen) atoms. The summed E-state index contributed by atoms with van der Waals surface area (Å²) in [4.78, 5) is 10.8. The highest BCUT2D eigenvalue weighted by molar-refractivity contribution is 7.94. The fourth-order valence-electron chi connectivity index (χ4n) is 2.07. The highest BCUT2D eigenvalue weighted by Gasteiger charge is 2.19. The molecule has 0 atom stereocenters. The zero-order valence-electron chi connectivity index (χ0n) is 11.6. The van der Waals surface area contributed by atoms with E-state index >= 15 is 0 Å². The number of aromatic carboxylic acids is 1. The van der Waals surface area contributed by atoms with Crippen LogP contribution in [0.5, 0.6) is 5.75 Å². The van der Waals surface area contributed by atoms with Gasteiger partial charge in [-0.2, -0.15) is 0 Å². The molecule has 3 aromatic rings. The summed E-state index contributed by atoms with van der Waals surface area (Å²) in [6, 6.07) is 12.3. The van der Waals surface area contributed by atoms with E-state index in [4.69, 9.17) is 5.11 Å². The molecule has 0 unspecified atom stereocenters. The van der Waals surface area contributed by atoms with Crippen LogP contribution in [-0.2, 0) is 10.0 Å². The quantitative estimate of drug-likeness (QED) is 0.671. The van der Waals surface area contributed by atoms with E-state index in [-0.39, 0.29) is 15.5 Å². The average molecular weight is 349 g/mol. The number of hydrogen-bond acceptors (Lipinski definition) is 5. The third-order valence-electron chi connectivity index (χ3n) is 3.15. The van der Waals surface area contributed by atoms with Gasteiger partial charge in [-0.15, -0.1) is 11.3 Å². The highest BCUT2D eigenvalue weighted by Crippen LogP contribution is 2.31. The number of nitrogens with one attached hydrogen (secondary N) is 1. The van der Waals surface area contributed by atoms with E-state index in [0.717, 1.165) is 33.6 Å². The van der Waals surface area contributed by atoms with Gasteiger partial charge in [-0.05, 0) is 29.7 Å². The molecular formula is C15H11NO5S2. The number of carboxylic acid groups (broad SMARTS) is 1. The van der Waals surface area contributed by atoms with Gasteiger partial charge in [-0.3, -0.25) is 4.72 Å². The zero-order chi connectivity index (χ0) is 16.6. The van der Waals surface area contributed by atoms with E-state index in [9.17, 15) is 18.3 Å². The monoisotopic (exact) mass is 349 g/mol. The van der Waals surface area contributed by atoms with Crippen LogP contribution in [0, 0.1) is 0 Å². The summed E-state index contributed by atoms with van der Waals surface area (Å²) in [5, 5.41) is 19.3. The van der Waals surface area contributed by atoms with Crippen LogP contribution in [0.2, 0.25) is 0 Å². The van der Waals surface area contributed by atoms with Crippen molar-refractivity contribution in [2.24, 2.45) is 0 Å². The van der Waals surface area contributed by atoms with Gasteiger partial charge in [-0.1, -0.05) is 18.2 Å². The van der Waals surface area contributed by atoms with Crippen molar-refractivity contribution in [1.82, 2.24) is 0 Å². The Hall–Kier alpha value is -2.58. The number of benzene rings is 2. The van der Waals surface area contributed by atoms with Crippen LogP contribution >= 0.6 is 11.3 Å². The summed E-state index contributed by atoms with van der Waals surface area (Å²) < 4.78 is 28.1. The van der Waals surface area contributed by atoms with Crippen molar-refractivity contribution in [3.8, 4) is 5.75 Å². The van der Waals surface area contributed by atoms with Crippen LogP contribution in [0.3, 0.4) is 0 Å². The smallest absolute Gasteiger partial charge is 0.339 e. The molecule has 0 amide bonds. The minimum Gasteiger partial charge on any atom is -0.507 e. The highest BCUT2D eigenvalue weighted by atomic mass is 32.2. The van der Waals surface area contributed by atoms with E-state index in [1.54, 1.807) is 6.07 Å². The second kappa shape index (κ2) is 5.56. The lowest BCUT2D eigenvalue weighted by atomic mass is 10.2.